The monoisotopic (exact) mass is 441 g/mol. The molecule has 2 aliphatic heterocycles. The summed E-state index contributed by atoms with van der Waals surface area (Å²) in [6, 6.07) is 21.3. The van der Waals surface area contributed by atoms with E-state index in [0.29, 0.717) is 19.6 Å². The average Bonchev–Trinajstić information content (AvgIpc) is 3.00. The Morgan fingerprint density at radius 2 is 1.85 bits per heavy atom. The molecule has 0 radical (unpaired) electrons. The fourth-order valence-corrected chi connectivity index (χ4v) is 4.43. The molecule has 1 saturated heterocycles. The van der Waals surface area contributed by atoms with E-state index in [2.05, 4.69) is 11.8 Å². The fourth-order valence-electron chi connectivity index (χ4n) is 4.43. The number of amidine groups is 1. The van der Waals surface area contributed by atoms with Crippen molar-refractivity contribution in [3.05, 3.63) is 83.4 Å². The zero-order valence-electron chi connectivity index (χ0n) is 19.1. The van der Waals surface area contributed by atoms with E-state index in [9.17, 15) is 4.79 Å². The van der Waals surface area contributed by atoms with Crippen LogP contribution in [-0.2, 0) is 0 Å². The van der Waals surface area contributed by atoms with Crippen molar-refractivity contribution in [2.75, 3.05) is 26.7 Å². The summed E-state index contributed by atoms with van der Waals surface area (Å²) in [6.07, 6.45) is 0. The minimum Gasteiger partial charge on any atom is -0.497 e. The quantitative estimate of drug-likeness (QED) is 0.560. The van der Waals surface area contributed by atoms with Gasteiger partial charge in [-0.05, 0) is 61.9 Å². The Morgan fingerprint density at radius 3 is 2.61 bits per heavy atom. The van der Waals surface area contributed by atoms with Crippen molar-refractivity contribution in [3.8, 4) is 17.2 Å². The lowest BCUT2D eigenvalue weighted by Crippen LogP contribution is -2.55. The molecule has 33 heavy (non-hydrogen) atoms. The number of amides is 1. The Hall–Kier alpha value is -3.80. The van der Waals surface area contributed by atoms with E-state index in [1.165, 1.54) is 0 Å². The molecule has 168 valence electrons. The number of methoxy groups -OCH3 is 1. The van der Waals surface area contributed by atoms with E-state index < -0.39 is 0 Å². The highest BCUT2D eigenvalue weighted by atomic mass is 16.5. The number of nitrogens with zero attached hydrogens (tertiary/aromatic N) is 3. The van der Waals surface area contributed by atoms with Crippen LogP contribution >= 0.6 is 0 Å². The minimum atomic E-state index is 0.0323. The van der Waals surface area contributed by atoms with Crippen molar-refractivity contribution >= 4 is 17.4 Å². The second-order valence-electron chi connectivity index (χ2n) is 8.53. The van der Waals surface area contributed by atoms with Gasteiger partial charge in [-0.3, -0.25) is 4.79 Å². The van der Waals surface area contributed by atoms with Crippen LogP contribution in [0.2, 0.25) is 0 Å². The third-order valence-corrected chi connectivity index (χ3v) is 6.20. The maximum Gasteiger partial charge on any atom is 0.254 e. The Kier molecular flexibility index (Phi) is 5.50. The molecule has 1 fully saturated rings. The second kappa shape index (κ2) is 8.62. The third kappa shape index (κ3) is 4.04. The molecule has 0 saturated carbocycles. The van der Waals surface area contributed by atoms with Gasteiger partial charge < -0.3 is 19.3 Å². The lowest BCUT2D eigenvalue weighted by Gasteiger charge is -2.41. The zero-order valence-corrected chi connectivity index (χ0v) is 19.1. The van der Waals surface area contributed by atoms with Crippen LogP contribution in [0.5, 0.6) is 17.2 Å². The van der Waals surface area contributed by atoms with Crippen LogP contribution in [0.1, 0.15) is 28.4 Å². The van der Waals surface area contributed by atoms with Crippen molar-refractivity contribution in [1.29, 1.82) is 0 Å². The molecule has 0 spiro atoms. The maximum atomic E-state index is 13.1. The molecule has 0 N–H and O–H groups in total. The number of carbonyl (C=O) groups is 1. The van der Waals surface area contributed by atoms with E-state index in [0.717, 1.165) is 45.5 Å². The summed E-state index contributed by atoms with van der Waals surface area (Å²) in [5, 5.41) is 0. The number of aliphatic imine (C=N–C) groups is 1. The smallest absolute Gasteiger partial charge is 0.254 e. The SMILES string of the molecule is COc1ccc2c(c1)C(N1CCN(C(=O)c3ccccc3)C(C)C1)=Nc1ccc(C)cc1O2. The standard InChI is InChI=1S/C27H27N3O3/c1-18-9-11-23-25(15-18)33-24-12-10-21(32-3)16-22(24)26(28-23)29-13-14-30(19(2)17-29)27(31)20-7-5-4-6-8-20/h4-12,15-16,19H,13-14,17H2,1-3H3. The first-order chi connectivity index (χ1) is 16.0. The van der Waals surface area contributed by atoms with Gasteiger partial charge >= 0.3 is 0 Å². The fraction of sp³-hybridized carbons (Fsp3) is 0.259. The van der Waals surface area contributed by atoms with Crippen LogP contribution in [0.15, 0.2) is 71.7 Å². The number of aryl methyl sites for hydroxylation is 1. The maximum absolute atomic E-state index is 13.1. The lowest BCUT2D eigenvalue weighted by molar-refractivity contribution is 0.0581. The Balaban J connectivity index is 1.49. The predicted molar refractivity (Wildman–Crippen MR) is 129 cm³/mol. The number of piperazine rings is 1. The van der Waals surface area contributed by atoms with E-state index in [4.69, 9.17) is 14.5 Å². The Bertz CT molecular complexity index is 1220. The molecule has 3 aromatic carbocycles. The minimum absolute atomic E-state index is 0.0323. The Labute approximate surface area is 194 Å². The van der Waals surface area contributed by atoms with Gasteiger partial charge in [0.05, 0.1) is 12.7 Å². The highest BCUT2D eigenvalue weighted by Crippen LogP contribution is 2.40. The van der Waals surface area contributed by atoms with E-state index in [1.54, 1.807) is 7.11 Å². The molecule has 0 aromatic heterocycles. The van der Waals surface area contributed by atoms with E-state index in [-0.39, 0.29) is 11.9 Å². The van der Waals surface area contributed by atoms with Gasteiger partial charge in [-0.2, -0.15) is 0 Å². The molecule has 0 bridgehead atoms. The van der Waals surface area contributed by atoms with E-state index >= 15 is 0 Å². The Morgan fingerprint density at radius 1 is 1.03 bits per heavy atom. The third-order valence-electron chi connectivity index (χ3n) is 6.20. The van der Waals surface area contributed by atoms with Crippen molar-refractivity contribution in [1.82, 2.24) is 9.80 Å². The van der Waals surface area contributed by atoms with Crippen LogP contribution < -0.4 is 9.47 Å². The first kappa shape index (κ1) is 21.1. The normalized spacial score (nSPS) is 17.3. The van der Waals surface area contributed by atoms with Crippen LogP contribution in [0.4, 0.5) is 5.69 Å². The van der Waals surface area contributed by atoms with Crippen molar-refractivity contribution in [3.63, 3.8) is 0 Å². The van der Waals surface area contributed by atoms with Gasteiger partial charge in [-0.15, -0.1) is 0 Å². The lowest BCUT2D eigenvalue weighted by atomic mass is 10.1. The summed E-state index contributed by atoms with van der Waals surface area (Å²) in [6.45, 7) is 6.10. The topological polar surface area (TPSA) is 54.4 Å². The molecule has 1 amide bonds. The van der Waals surface area contributed by atoms with E-state index in [1.807, 2.05) is 78.6 Å². The summed E-state index contributed by atoms with van der Waals surface area (Å²) in [7, 11) is 1.66. The number of ether oxygens (including phenoxy) is 2. The molecule has 6 heteroatoms. The number of rotatable bonds is 2. The molecule has 1 unspecified atom stereocenters. The molecule has 5 rings (SSSR count). The molecular weight excluding hydrogens is 414 g/mol. The van der Waals surface area contributed by atoms with Crippen LogP contribution in [0.25, 0.3) is 0 Å². The summed E-state index contributed by atoms with van der Waals surface area (Å²) < 4.78 is 11.8. The number of fused-ring (bicyclic) bond motifs is 2. The van der Waals surface area contributed by atoms with Gasteiger partial charge in [0.15, 0.2) is 5.75 Å². The predicted octanol–water partition coefficient (Wildman–Crippen LogP) is 5.03. The number of hydrogen-bond acceptors (Lipinski definition) is 5. The molecular formula is C27H27N3O3. The highest BCUT2D eigenvalue weighted by molar-refractivity contribution is 6.04. The van der Waals surface area contributed by atoms with Gasteiger partial charge in [0, 0.05) is 31.2 Å². The van der Waals surface area contributed by atoms with Crippen LogP contribution in [0.3, 0.4) is 0 Å². The molecule has 6 nitrogen and oxygen atoms in total. The summed E-state index contributed by atoms with van der Waals surface area (Å²) >= 11 is 0. The summed E-state index contributed by atoms with van der Waals surface area (Å²) in [5.74, 6) is 3.14. The van der Waals surface area contributed by atoms with Crippen LogP contribution in [-0.4, -0.2) is 54.3 Å². The number of benzene rings is 3. The molecule has 0 aliphatic carbocycles. The van der Waals surface area contributed by atoms with Crippen molar-refractivity contribution in [2.45, 2.75) is 19.9 Å². The first-order valence-corrected chi connectivity index (χ1v) is 11.2. The van der Waals surface area contributed by atoms with Gasteiger partial charge in [0.1, 0.15) is 23.0 Å². The first-order valence-electron chi connectivity index (χ1n) is 11.2. The van der Waals surface area contributed by atoms with Crippen molar-refractivity contribution in [2.24, 2.45) is 4.99 Å². The van der Waals surface area contributed by atoms with Gasteiger partial charge in [-0.25, -0.2) is 4.99 Å². The second-order valence-corrected chi connectivity index (χ2v) is 8.53. The summed E-state index contributed by atoms with van der Waals surface area (Å²) in [5.41, 5.74) is 3.51. The van der Waals surface area contributed by atoms with Gasteiger partial charge in [0.2, 0.25) is 0 Å². The number of hydrogen-bond donors (Lipinski definition) is 0. The summed E-state index contributed by atoms with van der Waals surface area (Å²) in [4.78, 5) is 22.3. The highest BCUT2D eigenvalue weighted by Gasteiger charge is 2.32. The van der Waals surface area contributed by atoms with Crippen molar-refractivity contribution < 1.29 is 14.3 Å². The van der Waals surface area contributed by atoms with Gasteiger partial charge in [0.25, 0.3) is 5.91 Å². The average molecular weight is 442 g/mol. The largest absolute Gasteiger partial charge is 0.497 e. The molecule has 3 aromatic rings. The molecule has 2 aliphatic rings. The number of carbonyl (C=O) groups excluding carboxylic acids is 1. The molecule has 2 heterocycles. The molecule has 1 atom stereocenters. The van der Waals surface area contributed by atoms with Gasteiger partial charge in [-0.1, -0.05) is 24.3 Å². The zero-order chi connectivity index (χ0) is 22.9. The van der Waals surface area contributed by atoms with Crippen LogP contribution in [0, 0.1) is 6.92 Å².